The Labute approximate surface area is 102 Å². The third-order valence-electron chi connectivity index (χ3n) is 2.10. The molecular formula is C11H10N2OS2. The maximum atomic E-state index is 11.9. The van der Waals surface area contributed by atoms with Crippen molar-refractivity contribution in [2.45, 2.75) is 12.1 Å². The monoisotopic (exact) mass is 250 g/mol. The molecule has 2 heterocycles. The van der Waals surface area contributed by atoms with Crippen LogP contribution < -0.4 is 5.56 Å². The molecule has 0 fully saturated rings. The molecule has 0 bridgehead atoms. The molecule has 82 valence electrons. The summed E-state index contributed by atoms with van der Waals surface area (Å²) in [6.45, 7) is 1.80. The first-order chi connectivity index (χ1) is 7.74. The van der Waals surface area contributed by atoms with E-state index < -0.39 is 0 Å². The smallest absolute Gasteiger partial charge is 0.271 e. The van der Waals surface area contributed by atoms with E-state index >= 15 is 0 Å². The van der Waals surface area contributed by atoms with Gasteiger partial charge in [0, 0.05) is 7.05 Å². The number of fused-ring (bicyclic) bond motifs is 1. The zero-order chi connectivity index (χ0) is 11.5. The van der Waals surface area contributed by atoms with E-state index in [0.29, 0.717) is 10.5 Å². The number of aromatic nitrogens is 2. The lowest BCUT2D eigenvalue weighted by Crippen LogP contribution is -2.18. The van der Waals surface area contributed by atoms with E-state index in [9.17, 15) is 4.79 Å². The number of nitrogens with zero attached hydrogens (tertiary/aromatic N) is 2. The van der Waals surface area contributed by atoms with Crippen molar-refractivity contribution < 1.29 is 0 Å². The third kappa shape index (κ3) is 1.99. The van der Waals surface area contributed by atoms with Gasteiger partial charge in [0.1, 0.15) is 4.70 Å². The molecule has 3 nitrogen and oxygen atoms in total. The molecule has 5 heteroatoms. The minimum absolute atomic E-state index is 0.0203. The van der Waals surface area contributed by atoms with Crippen molar-refractivity contribution in [3.63, 3.8) is 0 Å². The summed E-state index contributed by atoms with van der Waals surface area (Å²) in [4.78, 5) is 16.4. The molecule has 0 saturated carbocycles. The fourth-order valence-electron chi connectivity index (χ4n) is 1.27. The summed E-state index contributed by atoms with van der Waals surface area (Å²) in [6, 6.07) is 1.87. The van der Waals surface area contributed by atoms with E-state index in [-0.39, 0.29) is 5.56 Å². The van der Waals surface area contributed by atoms with E-state index in [1.807, 2.05) is 11.4 Å². The fourth-order valence-corrected chi connectivity index (χ4v) is 2.86. The van der Waals surface area contributed by atoms with Crippen LogP contribution in [0.5, 0.6) is 0 Å². The van der Waals surface area contributed by atoms with Crippen LogP contribution in [0.4, 0.5) is 0 Å². The Balaban J connectivity index is 2.47. The molecule has 0 aromatic carbocycles. The van der Waals surface area contributed by atoms with Crippen molar-refractivity contribution in [1.82, 2.24) is 9.55 Å². The van der Waals surface area contributed by atoms with Crippen molar-refractivity contribution in [3.8, 4) is 11.8 Å². The molecule has 0 aliphatic heterocycles. The van der Waals surface area contributed by atoms with Crippen LogP contribution in [0.3, 0.4) is 0 Å². The molecule has 0 unspecified atom stereocenters. The van der Waals surface area contributed by atoms with E-state index in [1.165, 1.54) is 23.1 Å². The van der Waals surface area contributed by atoms with E-state index in [1.54, 1.807) is 18.5 Å². The van der Waals surface area contributed by atoms with Crippen LogP contribution in [-0.2, 0) is 7.05 Å². The van der Waals surface area contributed by atoms with Crippen molar-refractivity contribution in [2.24, 2.45) is 7.05 Å². The summed E-state index contributed by atoms with van der Waals surface area (Å²) in [5.74, 6) is 6.42. The summed E-state index contributed by atoms with van der Waals surface area (Å²) in [6.07, 6.45) is 0. The van der Waals surface area contributed by atoms with Crippen molar-refractivity contribution in [3.05, 3.63) is 21.8 Å². The summed E-state index contributed by atoms with van der Waals surface area (Å²) in [7, 11) is 1.75. The second kappa shape index (κ2) is 4.73. The van der Waals surface area contributed by atoms with Gasteiger partial charge in [-0.15, -0.1) is 17.3 Å². The van der Waals surface area contributed by atoms with Crippen molar-refractivity contribution in [2.75, 3.05) is 5.75 Å². The molecule has 0 amide bonds. The quantitative estimate of drug-likeness (QED) is 0.465. The maximum Gasteiger partial charge on any atom is 0.271 e. The van der Waals surface area contributed by atoms with Gasteiger partial charge in [-0.1, -0.05) is 17.7 Å². The van der Waals surface area contributed by atoms with Gasteiger partial charge in [-0.05, 0) is 18.4 Å². The SMILES string of the molecule is CC#CCSc1nc2ccsc2c(=O)n1C. The fraction of sp³-hybridized carbons (Fsp3) is 0.273. The summed E-state index contributed by atoms with van der Waals surface area (Å²) in [5, 5.41) is 2.61. The Kier molecular flexibility index (Phi) is 3.32. The minimum Gasteiger partial charge on any atom is -0.289 e. The number of hydrogen-bond donors (Lipinski definition) is 0. The molecule has 0 saturated heterocycles. The third-order valence-corrected chi connectivity index (χ3v) is 3.90. The second-order valence-corrected chi connectivity index (χ2v) is 4.97. The standard InChI is InChI=1S/C11H10N2OS2/c1-3-4-6-16-11-12-8-5-7-15-9(8)10(14)13(11)2/h5,7H,6H2,1-2H3. The highest BCUT2D eigenvalue weighted by Crippen LogP contribution is 2.19. The zero-order valence-electron chi connectivity index (χ0n) is 8.98. The first-order valence-corrected chi connectivity index (χ1v) is 6.57. The zero-order valence-corrected chi connectivity index (χ0v) is 10.6. The van der Waals surface area contributed by atoms with Crippen LogP contribution in [0.15, 0.2) is 21.4 Å². The summed E-state index contributed by atoms with van der Waals surface area (Å²) in [5.41, 5.74) is 0.798. The lowest BCUT2D eigenvalue weighted by Gasteiger charge is -2.04. The molecule has 0 atom stereocenters. The van der Waals surface area contributed by atoms with Gasteiger partial charge in [0.15, 0.2) is 5.16 Å². The molecule has 0 radical (unpaired) electrons. The molecule has 2 aromatic rings. The van der Waals surface area contributed by atoms with Crippen LogP contribution in [0.2, 0.25) is 0 Å². The lowest BCUT2D eigenvalue weighted by atomic mass is 10.5. The van der Waals surface area contributed by atoms with Gasteiger partial charge in [0.25, 0.3) is 5.56 Å². The van der Waals surface area contributed by atoms with E-state index in [2.05, 4.69) is 16.8 Å². The minimum atomic E-state index is 0.0203. The Bertz CT molecular complexity index is 631. The van der Waals surface area contributed by atoms with Gasteiger partial charge in [-0.2, -0.15) is 0 Å². The first-order valence-electron chi connectivity index (χ1n) is 4.70. The molecule has 16 heavy (non-hydrogen) atoms. The van der Waals surface area contributed by atoms with Crippen LogP contribution in [0, 0.1) is 11.8 Å². The van der Waals surface area contributed by atoms with Gasteiger partial charge in [-0.25, -0.2) is 4.98 Å². The molecule has 0 aliphatic rings. The number of thiophene rings is 1. The Hall–Kier alpha value is -1.25. The highest BCUT2D eigenvalue weighted by molar-refractivity contribution is 7.99. The number of rotatable bonds is 2. The average Bonchev–Trinajstić information content (AvgIpc) is 2.73. The number of thioether (sulfide) groups is 1. The molecule has 2 rings (SSSR count). The first kappa shape index (κ1) is 11.2. The number of hydrogen-bond acceptors (Lipinski definition) is 4. The highest BCUT2D eigenvalue weighted by Gasteiger charge is 2.08. The molecular weight excluding hydrogens is 240 g/mol. The van der Waals surface area contributed by atoms with Crippen LogP contribution >= 0.6 is 23.1 Å². The topological polar surface area (TPSA) is 34.9 Å². The normalized spacial score (nSPS) is 10.1. The van der Waals surface area contributed by atoms with Gasteiger partial charge < -0.3 is 0 Å². The second-order valence-electron chi connectivity index (χ2n) is 3.11. The van der Waals surface area contributed by atoms with Gasteiger partial charge in [-0.3, -0.25) is 9.36 Å². The lowest BCUT2D eigenvalue weighted by molar-refractivity contribution is 0.729. The molecule has 0 aliphatic carbocycles. The molecule has 0 spiro atoms. The van der Waals surface area contributed by atoms with E-state index in [0.717, 1.165) is 10.7 Å². The highest BCUT2D eigenvalue weighted by atomic mass is 32.2. The summed E-state index contributed by atoms with van der Waals surface area (Å²) < 4.78 is 2.30. The largest absolute Gasteiger partial charge is 0.289 e. The predicted octanol–water partition coefficient (Wildman–Crippen LogP) is 2.11. The van der Waals surface area contributed by atoms with Crippen LogP contribution in [0.1, 0.15) is 6.92 Å². The van der Waals surface area contributed by atoms with Crippen molar-refractivity contribution in [1.29, 1.82) is 0 Å². The van der Waals surface area contributed by atoms with Gasteiger partial charge in [0.05, 0.1) is 11.3 Å². The maximum absolute atomic E-state index is 11.9. The summed E-state index contributed by atoms with van der Waals surface area (Å²) >= 11 is 2.92. The Morgan fingerprint density at radius 1 is 1.62 bits per heavy atom. The Morgan fingerprint density at radius 3 is 3.19 bits per heavy atom. The van der Waals surface area contributed by atoms with E-state index in [4.69, 9.17) is 0 Å². The predicted molar refractivity (Wildman–Crippen MR) is 69.0 cm³/mol. The van der Waals surface area contributed by atoms with Crippen LogP contribution in [0.25, 0.3) is 10.2 Å². The molecule has 2 aromatic heterocycles. The molecule has 0 N–H and O–H groups in total. The van der Waals surface area contributed by atoms with Gasteiger partial charge >= 0.3 is 0 Å². The average molecular weight is 250 g/mol. The Morgan fingerprint density at radius 2 is 2.44 bits per heavy atom. The van der Waals surface area contributed by atoms with Crippen molar-refractivity contribution >= 4 is 33.3 Å². The van der Waals surface area contributed by atoms with Crippen LogP contribution in [-0.4, -0.2) is 15.3 Å². The van der Waals surface area contributed by atoms with Gasteiger partial charge in [0.2, 0.25) is 0 Å².